The molecule has 2 unspecified atom stereocenters. The van der Waals surface area contributed by atoms with Gasteiger partial charge in [0, 0.05) is 17.5 Å². The van der Waals surface area contributed by atoms with E-state index in [1.54, 1.807) is 60.7 Å². The van der Waals surface area contributed by atoms with Crippen LogP contribution in [0.25, 0.3) is 32.7 Å². The van der Waals surface area contributed by atoms with E-state index in [4.69, 9.17) is 0 Å². The van der Waals surface area contributed by atoms with Crippen molar-refractivity contribution in [2.45, 2.75) is 28.4 Å². The Morgan fingerprint density at radius 3 is 1.68 bits per heavy atom. The Labute approximate surface area is 213 Å². The molecule has 0 amide bonds. The Hall–Kier alpha value is -3.59. The van der Waals surface area contributed by atoms with Gasteiger partial charge in [-0.1, -0.05) is 88.6 Å². The molecule has 0 N–H and O–H groups in total. The molecule has 7 rings (SSSR count). The number of hydrogen-bond acceptors (Lipinski definition) is 4. The van der Waals surface area contributed by atoms with E-state index in [-0.39, 0.29) is 16.2 Å². The fraction of sp³-hybridized carbons (Fsp3) is 0.103. The van der Waals surface area contributed by atoms with E-state index < -0.39 is 32.3 Å². The zero-order valence-electron chi connectivity index (χ0n) is 19.4. The summed E-state index contributed by atoms with van der Waals surface area (Å²) in [6, 6.07) is 26.0. The zero-order chi connectivity index (χ0) is 25.5. The first-order valence-corrected chi connectivity index (χ1v) is 14.7. The maximum Gasteiger partial charge on any atom is 0.257 e. The predicted octanol–water partition coefficient (Wildman–Crippen LogP) is 5.99. The number of fused-ring (bicyclic) bond motifs is 8. The average molecular weight is 530 g/mol. The number of rotatable bonds is 1. The molecule has 1 aliphatic heterocycles. The van der Waals surface area contributed by atoms with Crippen molar-refractivity contribution >= 4 is 41.6 Å². The van der Waals surface area contributed by atoms with Crippen LogP contribution in [0.4, 0.5) is 4.39 Å². The minimum atomic E-state index is -4.71. The summed E-state index contributed by atoms with van der Waals surface area (Å²) in [6.45, 7) is 0. The van der Waals surface area contributed by atoms with Gasteiger partial charge in [-0.25, -0.2) is 21.2 Å². The second-order valence-corrected chi connectivity index (χ2v) is 13.2. The molecule has 0 fully saturated rings. The smallest absolute Gasteiger partial charge is 0.245 e. The number of nitrogens with zero attached hydrogens (tertiary/aromatic N) is 1. The third-order valence-corrected chi connectivity index (χ3v) is 11.8. The van der Waals surface area contributed by atoms with E-state index in [1.807, 2.05) is 24.3 Å². The molecule has 1 aliphatic carbocycles. The van der Waals surface area contributed by atoms with Crippen LogP contribution in [-0.2, 0) is 26.5 Å². The predicted molar refractivity (Wildman–Crippen MR) is 141 cm³/mol. The van der Waals surface area contributed by atoms with E-state index in [2.05, 4.69) is 0 Å². The molecule has 0 saturated heterocycles. The summed E-state index contributed by atoms with van der Waals surface area (Å²) in [6.07, 6.45) is -1.77. The molecule has 8 heteroatoms. The SMILES string of the molecule is O=S1(=O)c2ccc3ccccc3c2-c2c(ccc3ccccc23)S(=O)(=O)N1C1c2ccccc2CC1F. The minimum absolute atomic E-state index is 0.0580. The normalized spacial score (nSPS) is 21.8. The molecule has 5 aromatic rings. The Bertz CT molecular complexity index is 1870. The first-order valence-electron chi connectivity index (χ1n) is 11.9. The van der Waals surface area contributed by atoms with Crippen LogP contribution in [0.15, 0.2) is 107 Å². The largest absolute Gasteiger partial charge is 0.257 e. The van der Waals surface area contributed by atoms with Crippen LogP contribution in [0.5, 0.6) is 0 Å². The molecule has 0 radical (unpaired) electrons. The van der Waals surface area contributed by atoms with Crippen molar-refractivity contribution in [1.29, 1.82) is 0 Å². The lowest BCUT2D eigenvalue weighted by atomic mass is 9.94. The van der Waals surface area contributed by atoms with Gasteiger partial charge in [-0.15, -0.1) is 0 Å². The molecule has 5 aromatic carbocycles. The lowest BCUT2D eigenvalue weighted by Crippen LogP contribution is -2.41. The van der Waals surface area contributed by atoms with Crippen LogP contribution in [-0.4, -0.2) is 26.7 Å². The summed E-state index contributed by atoms with van der Waals surface area (Å²) in [7, 11) is -9.42. The van der Waals surface area contributed by atoms with Crippen molar-refractivity contribution in [2.75, 3.05) is 0 Å². The van der Waals surface area contributed by atoms with Crippen molar-refractivity contribution in [2.24, 2.45) is 0 Å². The first kappa shape index (κ1) is 22.6. The van der Waals surface area contributed by atoms with Gasteiger partial charge in [0.2, 0.25) is 0 Å². The Morgan fingerprint density at radius 2 is 1.11 bits per heavy atom. The van der Waals surface area contributed by atoms with E-state index in [1.165, 1.54) is 12.1 Å². The highest BCUT2D eigenvalue weighted by Gasteiger charge is 2.52. The average Bonchev–Trinajstić information content (AvgIpc) is 3.19. The number of halogens is 1. The van der Waals surface area contributed by atoms with Gasteiger partial charge >= 0.3 is 0 Å². The van der Waals surface area contributed by atoms with Gasteiger partial charge in [-0.3, -0.25) is 0 Å². The molecule has 184 valence electrons. The van der Waals surface area contributed by atoms with Crippen LogP contribution < -0.4 is 0 Å². The number of benzene rings is 5. The summed E-state index contributed by atoms with van der Waals surface area (Å²) >= 11 is 0. The maximum atomic E-state index is 15.7. The number of hydrogen-bond donors (Lipinski definition) is 0. The second kappa shape index (κ2) is 7.71. The summed E-state index contributed by atoms with van der Waals surface area (Å²) in [5, 5.41) is 2.77. The highest BCUT2D eigenvalue weighted by atomic mass is 32.3. The van der Waals surface area contributed by atoms with Crippen molar-refractivity contribution in [1.82, 2.24) is 3.71 Å². The molecule has 5 nitrogen and oxygen atoms in total. The van der Waals surface area contributed by atoms with Gasteiger partial charge in [0.05, 0.1) is 15.8 Å². The number of alkyl halides is 1. The van der Waals surface area contributed by atoms with Gasteiger partial charge < -0.3 is 0 Å². The Balaban J connectivity index is 1.68. The monoisotopic (exact) mass is 529 g/mol. The molecular weight excluding hydrogens is 509 g/mol. The summed E-state index contributed by atoms with van der Waals surface area (Å²) in [4.78, 5) is -0.303. The maximum absolute atomic E-state index is 15.7. The van der Waals surface area contributed by atoms with Crippen molar-refractivity contribution < 1.29 is 21.2 Å². The van der Waals surface area contributed by atoms with Crippen LogP contribution >= 0.6 is 0 Å². The molecule has 0 spiro atoms. The number of sulfonamides is 2. The lowest BCUT2D eigenvalue weighted by molar-refractivity contribution is 0.245. The van der Waals surface area contributed by atoms with E-state index in [9.17, 15) is 16.8 Å². The quantitative estimate of drug-likeness (QED) is 0.268. The fourth-order valence-corrected chi connectivity index (χ4v) is 10.3. The van der Waals surface area contributed by atoms with Crippen LogP contribution in [0.3, 0.4) is 0 Å². The molecule has 0 saturated carbocycles. The van der Waals surface area contributed by atoms with Crippen LogP contribution in [0, 0.1) is 0 Å². The summed E-state index contributed by atoms with van der Waals surface area (Å²) < 4.78 is 73.7. The molecule has 0 aromatic heterocycles. The highest BCUT2D eigenvalue weighted by molar-refractivity contribution is 8.04. The van der Waals surface area contributed by atoms with E-state index in [0.29, 0.717) is 36.7 Å². The van der Waals surface area contributed by atoms with Gasteiger partial charge in [0.25, 0.3) is 20.0 Å². The van der Waals surface area contributed by atoms with Crippen molar-refractivity contribution in [3.8, 4) is 11.1 Å². The molecule has 1 heterocycles. The third kappa shape index (κ3) is 3.03. The van der Waals surface area contributed by atoms with Crippen LogP contribution in [0.1, 0.15) is 17.2 Å². The molecule has 37 heavy (non-hydrogen) atoms. The summed E-state index contributed by atoms with van der Waals surface area (Å²) in [5.74, 6) is 0. The van der Waals surface area contributed by atoms with Crippen molar-refractivity contribution in [3.05, 3.63) is 108 Å². The van der Waals surface area contributed by atoms with E-state index in [0.717, 1.165) is 10.8 Å². The van der Waals surface area contributed by atoms with E-state index >= 15 is 4.39 Å². The molecular formula is C29H20FNO4S2. The fourth-order valence-electron chi connectivity index (χ4n) is 5.84. The molecule has 2 atom stereocenters. The minimum Gasteiger partial charge on any atom is -0.245 e. The molecule has 2 aliphatic rings. The first-order chi connectivity index (χ1) is 17.8. The second-order valence-electron chi connectivity index (χ2n) is 9.42. The molecule has 0 bridgehead atoms. The van der Waals surface area contributed by atoms with Gasteiger partial charge in [0.15, 0.2) is 0 Å². The van der Waals surface area contributed by atoms with Gasteiger partial charge in [-0.2, -0.15) is 0 Å². The standard InChI is InChI=1S/C29H20FNO4S2/c30-24-17-20-9-3-6-12-23(20)29(24)31-36(32,33)25-15-13-18-7-1-4-10-21(18)27(25)28-22-11-5-2-8-19(22)14-16-26(28)37(31,34)35/h1-16,24,29H,17H2. The van der Waals surface area contributed by atoms with Gasteiger partial charge in [-0.05, 0) is 44.8 Å². The third-order valence-electron chi connectivity index (χ3n) is 7.42. The lowest BCUT2D eigenvalue weighted by Gasteiger charge is -2.28. The topological polar surface area (TPSA) is 71.5 Å². The Kier molecular flexibility index (Phi) is 4.71. The van der Waals surface area contributed by atoms with Crippen LogP contribution in [0.2, 0.25) is 0 Å². The van der Waals surface area contributed by atoms with Crippen molar-refractivity contribution in [3.63, 3.8) is 0 Å². The zero-order valence-corrected chi connectivity index (χ0v) is 21.0. The highest BCUT2D eigenvalue weighted by Crippen LogP contribution is 2.51. The Morgan fingerprint density at radius 1 is 0.622 bits per heavy atom. The van der Waals surface area contributed by atoms with Gasteiger partial charge in [0.1, 0.15) is 6.17 Å². The summed E-state index contributed by atoms with van der Waals surface area (Å²) in [5.41, 5.74) is 1.61.